The number of nitrogens with zero attached hydrogens (tertiary/aromatic N) is 2. The van der Waals surface area contributed by atoms with E-state index in [-0.39, 0.29) is 18.0 Å². The maximum Gasteiger partial charge on any atom is 0.267 e. The molecule has 3 aromatic rings. The van der Waals surface area contributed by atoms with Crippen molar-refractivity contribution in [1.82, 2.24) is 15.1 Å². The number of hydrogen-bond donors (Lipinski definition) is 1. The highest BCUT2D eigenvalue weighted by molar-refractivity contribution is 5.75. The highest BCUT2D eigenvalue weighted by atomic mass is 16.5. The number of hydrogen-bond acceptors (Lipinski definition) is 5. The summed E-state index contributed by atoms with van der Waals surface area (Å²) in [6, 6.07) is 16.4. The number of rotatable bonds is 8. The highest BCUT2D eigenvalue weighted by Gasteiger charge is 2.09. The van der Waals surface area contributed by atoms with Gasteiger partial charge in [-0.3, -0.25) is 9.59 Å². The lowest BCUT2D eigenvalue weighted by molar-refractivity contribution is -0.122. The number of ether oxygens (including phenoxy) is 2. The molecular weight excluding hydrogens is 382 g/mol. The third kappa shape index (κ3) is 5.47. The predicted octanol–water partition coefficient (Wildman–Crippen LogP) is 2.73. The molecule has 0 aliphatic carbocycles. The Balaban J connectivity index is 1.57. The maximum absolute atomic E-state index is 12.2. The molecule has 156 valence electrons. The summed E-state index contributed by atoms with van der Waals surface area (Å²) in [7, 11) is 1.60. The molecule has 3 rings (SSSR count). The molecule has 0 unspecified atom stereocenters. The number of aromatic nitrogens is 2. The fraction of sp³-hybridized carbons (Fsp3) is 0.261. The van der Waals surface area contributed by atoms with Gasteiger partial charge in [-0.2, -0.15) is 5.10 Å². The van der Waals surface area contributed by atoms with Gasteiger partial charge in [-0.15, -0.1) is 0 Å². The fourth-order valence-electron chi connectivity index (χ4n) is 2.94. The van der Waals surface area contributed by atoms with Gasteiger partial charge in [0.1, 0.15) is 24.7 Å². The van der Waals surface area contributed by atoms with Gasteiger partial charge in [0, 0.05) is 11.6 Å². The first kappa shape index (κ1) is 21.1. The molecular formula is C23H25N3O4. The number of amides is 1. The third-order valence-electron chi connectivity index (χ3n) is 4.58. The Morgan fingerprint density at radius 3 is 2.50 bits per heavy atom. The van der Waals surface area contributed by atoms with E-state index in [1.807, 2.05) is 32.0 Å². The van der Waals surface area contributed by atoms with Crippen molar-refractivity contribution >= 4 is 5.91 Å². The van der Waals surface area contributed by atoms with Gasteiger partial charge in [0.25, 0.3) is 5.56 Å². The highest BCUT2D eigenvalue weighted by Crippen LogP contribution is 2.21. The monoisotopic (exact) mass is 407 g/mol. The molecule has 0 radical (unpaired) electrons. The number of benzene rings is 2. The van der Waals surface area contributed by atoms with E-state index in [1.54, 1.807) is 37.4 Å². The largest absolute Gasteiger partial charge is 0.497 e. The van der Waals surface area contributed by atoms with Crippen LogP contribution >= 0.6 is 0 Å². The summed E-state index contributed by atoms with van der Waals surface area (Å²) < 4.78 is 11.8. The lowest BCUT2D eigenvalue weighted by atomic mass is 10.0. The lowest BCUT2D eigenvalue weighted by Crippen LogP contribution is -2.35. The van der Waals surface area contributed by atoms with E-state index in [4.69, 9.17) is 9.47 Å². The van der Waals surface area contributed by atoms with Crippen molar-refractivity contribution in [3.8, 4) is 22.8 Å². The second-order valence-electron chi connectivity index (χ2n) is 6.91. The molecule has 7 heteroatoms. The van der Waals surface area contributed by atoms with Crippen LogP contribution in [0.2, 0.25) is 0 Å². The molecule has 0 saturated carbocycles. The Bertz CT molecular complexity index is 1070. The van der Waals surface area contributed by atoms with E-state index in [2.05, 4.69) is 10.4 Å². The minimum absolute atomic E-state index is 0.153. The first-order valence-corrected chi connectivity index (χ1v) is 9.65. The zero-order valence-corrected chi connectivity index (χ0v) is 17.3. The minimum Gasteiger partial charge on any atom is -0.497 e. The first-order chi connectivity index (χ1) is 14.5. The van der Waals surface area contributed by atoms with Gasteiger partial charge in [-0.05, 0) is 55.8 Å². The molecule has 1 amide bonds. The summed E-state index contributed by atoms with van der Waals surface area (Å²) in [5, 5.41) is 7.12. The number of aryl methyl sites for hydroxylation is 2. The summed E-state index contributed by atoms with van der Waals surface area (Å²) in [5.74, 6) is 1.13. The summed E-state index contributed by atoms with van der Waals surface area (Å²) in [5.41, 5.74) is 3.43. The molecule has 0 fully saturated rings. The molecule has 2 aromatic carbocycles. The number of methoxy groups -OCH3 is 1. The Kier molecular flexibility index (Phi) is 6.85. The molecule has 0 aliphatic heterocycles. The van der Waals surface area contributed by atoms with Crippen molar-refractivity contribution in [2.45, 2.75) is 20.4 Å². The smallest absolute Gasteiger partial charge is 0.267 e. The second kappa shape index (κ2) is 9.73. The van der Waals surface area contributed by atoms with Crippen molar-refractivity contribution in [2.24, 2.45) is 0 Å². The zero-order valence-electron chi connectivity index (χ0n) is 17.3. The third-order valence-corrected chi connectivity index (χ3v) is 4.58. The number of nitrogens with one attached hydrogen (secondary N) is 1. The Hall–Kier alpha value is -3.61. The standard InChI is InChI=1S/C23H25N3O4/c1-16-4-5-17(2)20(14-16)21-10-11-23(28)26(25-21)15-22(27)24-12-13-30-19-8-6-18(29-3)7-9-19/h4-11,14H,12-13,15H2,1-3H3,(H,24,27). The summed E-state index contributed by atoms with van der Waals surface area (Å²) >= 11 is 0. The van der Waals surface area contributed by atoms with E-state index >= 15 is 0 Å². The van der Waals surface area contributed by atoms with Gasteiger partial charge in [0.15, 0.2) is 0 Å². The SMILES string of the molecule is COc1ccc(OCCNC(=O)Cn2nc(-c3cc(C)ccc3C)ccc2=O)cc1. The van der Waals surface area contributed by atoms with Crippen LogP contribution in [0.3, 0.4) is 0 Å². The van der Waals surface area contributed by atoms with Crippen molar-refractivity contribution < 1.29 is 14.3 Å². The van der Waals surface area contributed by atoms with Crippen molar-refractivity contribution in [1.29, 1.82) is 0 Å². The fourth-order valence-corrected chi connectivity index (χ4v) is 2.94. The molecule has 1 N–H and O–H groups in total. The predicted molar refractivity (Wildman–Crippen MR) is 115 cm³/mol. The van der Waals surface area contributed by atoms with Crippen molar-refractivity contribution in [2.75, 3.05) is 20.3 Å². The van der Waals surface area contributed by atoms with Crippen molar-refractivity contribution in [3.63, 3.8) is 0 Å². The zero-order chi connectivity index (χ0) is 21.5. The van der Waals surface area contributed by atoms with E-state index in [0.717, 1.165) is 22.4 Å². The van der Waals surface area contributed by atoms with E-state index < -0.39 is 0 Å². The van der Waals surface area contributed by atoms with Crippen LogP contribution in [0.1, 0.15) is 11.1 Å². The Morgan fingerprint density at radius 2 is 1.77 bits per heavy atom. The summed E-state index contributed by atoms with van der Waals surface area (Å²) in [6.45, 7) is 4.46. The quantitative estimate of drug-likeness (QED) is 0.581. The van der Waals surface area contributed by atoms with Crippen LogP contribution < -0.4 is 20.3 Å². The van der Waals surface area contributed by atoms with Crippen LogP contribution in [-0.4, -0.2) is 35.9 Å². The van der Waals surface area contributed by atoms with Crippen molar-refractivity contribution in [3.05, 3.63) is 76.1 Å². The van der Waals surface area contributed by atoms with Crippen LogP contribution in [0, 0.1) is 13.8 Å². The molecule has 0 spiro atoms. The maximum atomic E-state index is 12.2. The van der Waals surface area contributed by atoms with Crippen LogP contribution in [0.5, 0.6) is 11.5 Å². The average molecular weight is 407 g/mol. The lowest BCUT2D eigenvalue weighted by Gasteiger charge is -2.11. The summed E-state index contributed by atoms with van der Waals surface area (Å²) in [6.07, 6.45) is 0. The van der Waals surface area contributed by atoms with E-state index in [0.29, 0.717) is 24.6 Å². The molecule has 0 atom stereocenters. The molecule has 7 nitrogen and oxygen atoms in total. The van der Waals surface area contributed by atoms with Gasteiger partial charge in [0.2, 0.25) is 5.91 Å². The van der Waals surface area contributed by atoms with Gasteiger partial charge in [0.05, 0.1) is 19.3 Å². The minimum atomic E-state index is -0.325. The molecule has 1 heterocycles. The number of carbonyl (C=O) groups is 1. The van der Waals surface area contributed by atoms with E-state index in [9.17, 15) is 9.59 Å². The molecule has 1 aromatic heterocycles. The summed E-state index contributed by atoms with van der Waals surface area (Å²) in [4.78, 5) is 24.4. The van der Waals surface area contributed by atoms with Crippen LogP contribution in [0.25, 0.3) is 11.3 Å². The Labute approximate surface area is 175 Å². The molecule has 0 saturated heterocycles. The van der Waals surface area contributed by atoms with Gasteiger partial charge < -0.3 is 14.8 Å². The second-order valence-corrected chi connectivity index (χ2v) is 6.91. The molecule has 0 bridgehead atoms. The Morgan fingerprint density at radius 1 is 1.03 bits per heavy atom. The van der Waals surface area contributed by atoms with Crippen LogP contribution in [-0.2, 0) is 11.3 Å². The number of carbonyl (C=O) groups excluding carboxylic acids is 1. The first-order valence-electron chi connectivity index (χ1n) is 9.65. The van der Waals surface area contributed by atoms with Crippen LogP contribution in [0.15, 0.2) is 59.4 Å². The van der Waals surface area contributed by atoms with Gasteiger partial charge >= 0.3 is 0 Å². The van der Waals surface area contributed by atoms with Gasteiger partial charge in [-0.25, -0.2) is 4.68 Å². The van der Waals surface area contributed by atoms with Crippen LogP contribution in [0.4, 0.5) is 0 Å². The topological polar surface area (TPSA) is 82.4 Å². The van der Waals surface area contributed by atoms with E-state index in [1.165, 1.54) is 10.7 Å². The normalized spacial score (nSPS) is 10.5. The molecule has 0 aliphatic rings. The molecule has 30 heavy (non-hydrogen) atoms. The van der Waals surface area contributed by atoms with Gasteiger partial charge in [-0.1, -0.05) is 17.7 Å². The average Bonchev–Trinajstić information content (AvgIpc) is 2.75.